The zero-order chi connectivity index (χ0) is 26.2. The van der Waals surface area contributed by atoms with Crippen LogP contribution in [0.4, 0.5) is 0 Å². The van der Waals surface area contributed by atoms with Crippen molar-refractivity contribution in [3.05, 3.63) is 89.1 Å². The minimum Gasteiger partial charge on any atom is -0.489 e. The fourth-order valence-electron chi connectivity index (χ4n) is 4.69. The van der Waals surface area contributed by atoms with Gasteiger partial charge in [-0.2, -0.15) is 4.98 Å². The van der Waals surface area contributed by atoms with E-state index in [0.29, 0.717) is 12.5 Å². The number of hydrogen-bond donors (Lipinski definition) is 1. The average Bonchev–Trinajstić information content (AvgIpc) is 3.40. The van der Waals surface area contributed by atoms with Crippen LogP contribution in [0.5, 0.6) is 5.75 Å². The number of nitrogens with zero attached hydrogens (tertiary/aromatic N) is 3. The largest absolute Gasteiger partial charge is 0.489 e. The second kappa shape index (κ2) is 12.7. The van der Waals surface area contributed by atoms with Gasteiger partial charge in [-0.25, -0.2) is 0 Å². The molecule has 37 heavy (non-hydrogen) atoms. The number of likely N-dealkylation sites (tertiary alicyclic amines) is 1. The van der Waals surface area contributed by atoms with Gasteiger partial charge in [0.25, 0.3) is 0 Å². The monoisotopic (exact) mass is 503 g/mol. The summed E-state index contributed by atoms with van der Waals surface area (Å²) < 4.78 is 11.4. The predicted molar refractivity (Wildman–Crippen MR) is 143 cm³/mol. The molecule has 7 nitrogen and oxygen atoms in total. The SMILES string of the molecule is CC=C[C@H](CC(=O)O)c1ccc(OCc2ccc(CN3CCC(c4noc(C(C)C)n4)CC3)cc2)cc1. The Morgan fingerprint density at radius 1 is 1.11 bits per heavy atom. The van der Waals surface area contributed by atoms with Gasteiger partial charge in [-0.05, 0) is 61.7 Å². The highest BCUT2D eigenvalue weighted by atomic mass is 16.5. The van der Waals surface area contributed by atoms with Crippen molar-refractivity contribution in [2.45, 2.75) is 70.9 Å². The molecule has 0 spiro atoms. The molecule has 1 aromatic heterocycles. The Kier molecular flexibility index (Phi) is 9.12. The van der Waals surface area contributed by atoms with Crippen LogP contribution in [0.25, 0.3) is 0 Å². The highest BCUT2D eigenvalue weighted by Crippen LogP contribution is 2.28. The lowest BCUT2D eigenvalue weighted by Gasteiger charge is -2.30. The Bertz CT molecular complexity index is 1160. The lowest BCUT2D eigenvalue weighted by Crippen LogP contribution is -2.32. The van der Waals surface area contributed by atoms with Gasteiger partial charge in [0.15, 0.2) is 5.82 Å². The lowest BCUT2D eigenvalue weighted by atomic mass is 9.95. The minimum absolute atomic E-state index is 0.0762. The van der Waals surface area contributed by atoms with Crippen LogP contribution in [0.3, 0.4) is 0 Å². The van der Waals surface area contributed by atoms with E-state index in [9.17, 15) is 4.79 Å². The molecule has 2 aromatic carbocycles. The first-order valence-electron chi connectivity index (χ1n) is 13.1. The van der Waals surface area contributed by atoms with Crippen molar-refractivity contribution in [1.82, 2.24) is 15.0 Å². The summed E-state index contributed by atoms with van der Waals surface area (Å²) in [5, 5.41) is 13.4. The number of carboxylic acid groups (broad SMARTS) is 1. The molecule has 3 aromatic rings. The fraction of sp³-hybridized carbons (Fsp3) is 0.433. The summed E-state index contributed by atoms with van der Waals surface area (Å²) in [6.45, 7) is 9.52. The summed E-state index contributed by atoms with van der Waals surface area (Å²) in [5.41, 5.74) is 3.38. The number of piperidine rings is 1. The zero-order valence-electron chi connectivity index (χ0n) is 22.0. The van der Waals surface area contributed by atoms with E-state index < -0.39 is 5.97 Å². The third kappa shape index (κ3) is 7.52. The standard InChI is InChI=1S/C30H37N3O4/c1-4-5-26(18-28(34)35)24-10-12-27(13-11-24)36-20-23-8-6-22(7-9-23)19-33-16-14-25(15-17-33)29-31-30(21(2)3)37-32-29/h4-13,21,25-26H,14-20H2,1-3H3,(H,34,35)/t26-/m1/s1. The van der Waals surface area contributed by atoms with Gasteiger partial charge in [0.2, 0.25) is 5.89 Å². The number of aliphatic carboxylic acids is 1. The van der Waals surface area contributed by atoms with Crippen LogP contribution in [-0.4, -0.2) is 39.2 Å². The van der Waals surface area contributed by atoms with Crippen LogP contribution >= 0.6 is 0 Å². The Morgan fingerprint density at radius 2 is 1.78 bits per heavy atom. The van der Waals surface area contributed by atoms with E-state index in [1.54, 1.807) is 0 Å². The molecule has 196 valence electrons. The van der Waals surface area contributed by atoms with Crippen molar-refractivity contribution in [2.75, 3.05) is 13.1 Å². The number of hydrogen-bond acceptors (Lipinski definition) is 6. The number of allylic oxidation sites excluding steroid dienone is 2. The summed E-state index contributed by atoms with van der Waals surface area (Å²) >= 11 is 0. The van der Waals surface area contributed by atoms with Crippen molar-refractivity contribution < 1.29 is 19.2 Å². The quantitative estimate of drug-likeness (QED) is 0.308. The van der Waals surface area contributed by atoms with E-state index in [0.717, 1.165) is 61.1 Å². The van der Waals surface area contributed by atoms with Gasteiger partial charge >= 0.3 is 5.97 Å². The number of carbonyl (C=O) groups is 1. The summed E-state index contributed by atoms with van der Waals surface area (Å²) in [6, 6.07) is 16.3. The normalized spacial score (nSPS) is 15.9. The summed E-state index contributed by atoms with van der Waals surface area (Å²) in [7, 11) is 0. The van der Waals surface area contributed by atoms with E-state index in [2.05, 4.69) is 53.2 Å². The van der Waals surface area contributed by atoms with Gasteiger partial charge in [0.1, 0.15) is 12.4 Å². The van der Waals surface area contributed by atoms with Crippen LogP contribution in [0.15, 0.2) is 65.2 Å². The molecular formula is C30H37N3O4. The molecule has 1 aliphatic heterocycles. The average molecular weight is 504 g/mol. The van der Waals surface area contributed by atoms with Crippen molar-refractivity contribution in [1.29, 1.82) is 0 Å². The molecule has 1 atom stereocenters. The summed E-state index contributed by atoms with van der Waals surface area (Å²) in [5.74, 6) is 2.07. The molecule has 0 unspecified atom stereocenters. The van der Waals surface area contributed by atoms with Gasteiger partial charge < -0.3 is 14.4 Å². The van der Waals surface area contributed by atoms with Gasteiger partial charge in [0.05, 0.1) is 6.42 Å². The molecule has 4 rings (SSSR count). The van der Waals surface area contributed by atoms with Gasteiger partial charge in [-0.15, -0.1) is 0 Å². The first-order valence-corrected chi connectivity index (χ1v) is 13.1. The van der Waals surface area contributed by atoms with Crippen LogP contribution in [0.1, 0.15) is 86.2 Å². The molecule has 1 N–H and O–H groups in total. The van der Waals surface area contributed by atoms with Gasteiger partial charge in [-0.3, -0.25) is 9.69 Å². The maximum Gasteiger partial charge on any atom is 0.304 e. The van der Waals surface area contributed by atoms with Crippen LogP contribution in [0.2, 0.25) is 0 Å². The molecule has 0 aliphatic carbocycles. The Morgan fingerprint density at radius 3 is 2.38 bits per heavy atom. The second-order valence-electron chi connectivity index (χ2n) is 10.1. The number of carboxylic acids is 1. The molecule has 0 radical (unpaired) electrons. The number of benzene rings is 2. The van der Waals surface area contributed by atoms with Gasteiger partial charge in [0, 0.05) is 24.3 Å². The second-order valence-corrected chi connectivity index (χ2v) is 10.1. The third-order valence-corrected chi connectivity index (χ3v) is 6.87. The number of aromatic nitrogens is 2. The Hall–Kier alpha value is -3.45. The molecule has 1 aliphatic rings. The van der Waals surface area contributed by atoms with Gasteiger partial charge in [-0.1, -0.05) is 67.6 Å². The molecule has 1 fully saturated rings. The molecule has 0 saturated carbocycles. The van der Waals surface area contributed by atoms with E-state index in [4.69, 9.17) is 14.4 Å². The first-order chi connectivity index (χ1) is 17.9. The van der Waals surface area contributed by atoms with E-state index in [1.807, 2.05) is 43.3 Å². The highest BCUT2D eigenvalue weighted by Gasteiger charge is 2.25. The molecular weight excluding hydrogens is 466 g/mol. The molecule has 7 heteroatoms. The maximum absolute atomic E-state index is 11.1. The molecule has 2 heterocycles. The van der Waals surface area contributed by atoms with Crippen molar-refractivity contribution in [3.63, 3.8) is 0 Å². The molecule has 0 amide bonds. The molecule has 0 bridgehead atoms. The van der Waals surface area contributed by atoms with Crippen molar-refractivity contribution >= 4 is 5.97 Å². The van der Waals surface area contributed by atoms with Crippen molar-refractivity contribution in [2.24, 2.45) is 0 Å². The zero-order valence-corrected chi connectivity index (χ0v) is 22.0. The molecule has 1 saturated heterocycles. The first kappa shape index (κ1) is 26.6. The maximum atomic E-state index is 11.1. The summed E-state index contributed by atoms with van der Waals surface area (Å²) in [4.78, 5) is 18.2. The minimum atomic E-state index is -0.805. The van der Waals surface area contributed by atoms with Crippen LogP contribution in [-0.2, 0) is 17.9 Å². The van der Waals surface area contributed by atoms with Crippen LogP contribution in [0, 0.1) is 0 Å². The smallest absolute Gasteiger partial charge is 0.304 e. The number of rotatable bonds is 11. The third-order valence-electron chi connectivity index (χ3n) is 6.87. The lowest BCUT2D eigenvalue weighted by molar-refractivity contribution is -0.137. The summed E-state index contributed by atoms with van der Waals surface area (Å²) in [6.07, 6.45) is 5.99. The number of ether oxygens (including phenoxy) is 1. The Labute approximate surface area is 219 Å². The van der Waals surface area contributed by atoms with Crippen LogP contribution < -0.4 is 4.74 Å². The fourth-order valence-corrected chi connectivity index (χ4v) is 4.69. The van der Waals surface area contributed by atoms with Crippen molar-refractivity contribution in [3.8, 4) is 5.75 Å². The van der Waals surface area contributed by atoms with E-state index in [-0.39, 0.29) is 18.3 Å². The Balaban J connectivity index is 1.23. The van der Waals surface area contributed by atoms with E-state index in [1.165, 1.54) is 5.56 Å². The topological polar surface area (TPSA) is 88.7 Å². The van der Waals surface area contributed by atoms with E-state index >= 15 is 0 Å². The highest BCUT2D eigenvalue weighted by molar-refractivity contribution is 5.68. The predicted octanol–water partition coefficient (Wildman–Crippen LogP) is 6.29.